The molecule has 1 N–H and O–H groups in total. The lowest BCUT2D eigenvalue weighted by Gasteiger charge is -2.17. The summed E-state index contributed by atoms with van der Waals surface area (Å²) >= 11 is 0. The molecule has 0 saturated heterocycles. The summed E-state index contributed by atoms with van der Waals surface area (Å²) in [5.74, 6) is -1.15. The van der Waals surface area contributed by atoms with E-state index < -0.39 is 5.83 Å². The molecule has 1 aromatic carbocycles. The summed E-state index contributed by atoms with van der Waals surface area (Å²) in [6.07, 6.45) is 16.4. The third kappa shape index (κ3) is 9.70. The number of nitrogens with one attached hydrogen (secondary N) is 1. The summed E-state index contributed by atoms with van der Waals surface area (Å²) in [4.78, 5) is 39.9. The van der Waals surface area contributed by atoms with Crippen LogP contribution in [0.25, 0.3) is 11.1 Å². The number of carbonyl (C=O) groups excluding carboxylic acids is 3. The highest BCUT2D eigenvalue weighted by molar-refractivity contribution is 6.10. The second kappa shape index (κ2) is 17.0. The molecular formula is C39H45FN2O3. The van der Waals surface area contributed by atoms with Crippen LogP contribution in [0.4, 0.5) is 10.1 Å². The van der Waals surface area contributed by atoms with Crippen LogP contribution in [0.3, 0.4) is 0 Å². The molecule has 0 aliphatic heterocycles. The molecule has 6 heteroatoms. The van der Waals surface area contributed by atoms with Gasteiger partial charge < -0.3 is 9.88 Å². The molecule has 0 spiro atoms. The highest BCUT2D eigenvalue weighted by Crippen LogP contribution is 2.40. The normalized spacial score (nSPS) is 13.2. The number of anilines is 1. The maximum absolute atomic E-state index is 14.3. The molecule has 1 aliphatic carbocycles. The summed E-state index contributed by atoms with van der Waals surface area (Å²) in [6.45, 7) is 16.1. The zero-order valence-electron chi connectivity index (χ0n) is 27.0. The van der Waals surface area contributed by atoms with Crippen LogP contribution in [-0.4, -0.2) is 22.0 Å². The van der Waals surface area contributed by atoms with Crippen LogP contribution in [0.2, 0.25) is 0 Å². The Morgan fingerprint density at radius 2 is 1.73 bits per heavy atom. The van der Waals surface area contributed by atoms with Gasteiger partial charge in [0.15, 0.2) is 0 Å². The second-order valence-electron chi connectivity index (χ2n) is 11.5. The Bertz CT molecular complexity index is 1580. The molecule has 236 valence electrons. The van der Waals surface area contributed by atoms with Crippen LogP contribution in [0.15, 0.2) is 103 Å². The monoisotopic (exact) mass is 608 g/mol. The van der Waals surface area contributed by atoms with E-state index in [1.165, 1.54) is 12.2 Å². The van der Waals surface area contributed by atoms with Crippen LogP contribution in [0.5, 0.6) is 0 Å². The number of para-hydroxylation sites is 1. The van der Waals surface area contributed by atoms with Gasteiger partial charge in [-0.2, -0.15) is 0 Å². The van der Waals surface area contributed by atoms with Gasteiger partial charge in [0.1, 0.15) is 17.4 Å². The van der Waals surface area contributed by atoms with Crippen molar-refractivity contribution in [2.24, 2.45) is 0 Å². The Morgan fingerprint density at radius 3 is 2.40 bits per heavy atom. The van der Waals surface area contributed by atoms with E-state index >= 15 is 0 Å². The summed E-state index contributed by atoms with van der Waals surface area (Å²) < 4.78 is 16.2. The summed E-state index contributed by atoms with van der Waals surface area (Å²) in [7, 11) is 0. The summed E-state index contributed by atoms with van der Waals surface area (Å²) in [5.41, 5.74) is 5.44. The zero-order valence-corrected chi connectivity index (χ0v) is 27.0. The first-order valence-electron chi connectivity index (χ1n) is 15.6. The number of Topliss-reactive ketones (excluding diaryl/α,β-unsaturated/α-hetero) is 2. The van der Waals surface area contributed by atoms with Crippen LogP contribution in [-0.2, 0) is 16.1 Å². The van der Waals surface area contributed by atoms with Crippen molar-refractivity contribution in [2.45, 2.75) is 78.7 Å². The topological polar surface area (TPSA) is 68.2 Å². The van der Waals surface area contributed by atoms with Crippen molar-refractivity contribution < 1.29 is 18.8 Å². The largest absolute Gasteiger partial charge is 0.343 e. The molecule has 1 aromatic heterocycles. The molecule has 0 fully saturated rings. The Hall–Kier alpha value is -4.58. The first kappa shape index (κ1) is 34.9. The van der Waals surface area contributed by atoms with Crippen LogP contribution in [0, 0.1) is 0 Å². The lowest BCUT2D eigenvalue weighted by atomic mass is 9.92. The number of benzene rings is 1. The highest BCUT2D eigenvalue weighted by Gasteiger charge is 2.31. The average Bonchev–Trinajstić information content (AvgIpc) is 3.12. The van der Waals surface area contributed by atoms with Crippen molar-refractivity contribution in [1.29, 1.82) is 0 Å². The van der Waals surface area contributed by atoms with E-state index in [-0.39, 0.29) is 49.2 Å². The number of allylic oxidation sites excluding steroid dienone is 12. The van der Waals surface area contributed by atoms with Crippen molar-refractivity contribution in [1.82, 2.24) is 4.57 Å². The van der Waals surface area contributed by atoms with Gasteiger partial charge in [0.25, 0.3) is 5.91 Å². The minimum absolute atomic E-state index is 0.0889. The maximum atomic E-state index is 14.3. The van der Waals surface area contributed by atoms with Gasteiger partial charge in [-0.25, -0.2) is 4.39 Å². The predicted molar refractivity (Wildman–Crippen MR) is 185 cm³/mol. The maximum Gasteiger partial charge on any atom is 0.258 e. The van der Waals surface area contributed by atoms with E-state index in [1.54, 1.807) is 13.0 Å². The Kier molecular flexibility index (Phi) is 13.2. The number of nitrogens with zero attached hydrogens (tertiary/aromatic N) is 1. The molecule has 1 heterocycles. The molecule has 0 radical (unpaired) electrons. The number of hydrogen-bond donors (Lipinski definition) is 1. The van der Waals surface area contributed by atoms with E-state index in [9.17, 15) is 18.8 Å². The minimum Gasteiger partial charge on any atom is -0.343 e. The van der Waals surface area contributed by atoms with Gasteiger partial charge in [-0.15, -0.1) is 0 Å². The second-order valence-corrected chi connectivity index (χ2v) is 11.5. The van der Waals surface area contributed by atoms with E-state index in [2.05, 4.69) is 18.5 Å². The summed E-state index contributed by atoms with van der Waals surface area (Å²) in [5, 5.41) is 3.05. The van der Waals surface area contributed by atoms with Crippen LogP contribution < -0.4 is 5.32 Å². The van der Waals surface area contributed by atoms with Gasteiger partial charge in [-0.1, -0.05) is 107 Å². The van der Waals surface area contributed by atoms with Crippen molar-refractivity contribution in [3.8, 4) is 0 Å². The Morgan fingerprint density at radius 1 is 1.00 bits per heavy atom. The highest BCUT2D eigenvalue weighted by atomic mass is 19.1. The van der Waals surface area contributed by atoms with Gasteiger partial charge >= 0.3 is 0 Å². The van der Waals surface area contributed by atoms with Crippen molar-refractivity contribution in [2.75, 3.05) is 5.32 Å². The molecule has 0 atom stereocenters. The molecule has 5 nitrogen and oxygen atoms in total. The Labute approximate surface area is 267 Å². The fourth-order valence-corrected chi connectivity index (χ4v) is 5.51. The fraction of sp³-hybridized carbons (Fsp3) is 0.308. The van der Waals surface area contributed by atoms with E-state index in [0.717, 1.165) is 29.7 Å². The lowest BCUT2D eigenvalue weighted by molar-refractivity contribution is -0.126. The Balaban J connectivity index is 2.19. The molecular weight excluding hydrogens is 563 g/mol. The van der Waals surface area contributed by atoms with E-state index in [1.807, 2.05) is 86.1 Å². The molecule has 0 unspecified atom stereocenters. The van der Waals surface area contributed by atoms with Gasteiger partial charge in [0.2, 0.25) is 0 Å². The number of rotatable bonds is 16. The number of halogens is 1. The molecule has 1 aliphatic rings. The predicted octanol–water partition coefficient (Wildman–Crippen LogP) is 9.87. The molecule has 0 saturated carbocycles. The van der Waals surface area contributed by atoms with E-state index in [0.29, 0.717) is 34.5 Å². The molecule has 1 amide bonds. The number of aromatic nitrogens is 1. The SMILES string of the molecule is C=C(CCC)CC(=O)CC(=O)CCn1c(C(=C)/C=C\C(F)=C/C)c(C2=CC=CC=CC2)c(C(=O)Nc2ccccc2)c1C(C)C. The minimum atomic E-state index is -0.417. The number of hydrogen-bond acceptors (Lipinski definition) is 3. The smallest absolute Gasteiger partial charge is 0.258 e. The first-order valence-corrected chi connectivity index (χ1v) is 15.6. The average molecular weight is 609 g/mol. The number of carbonyl (C=O) groups is 3. The van der Waals surface area contributed by atoms with E-state index in [4.69, 9.17) is 0 Å². The van der Waals surface area contributed by atoms with Crippen LogP contribution in [0.1, 0.15) is 99.4 Å². The van der Waals surface area contributed by atoms with Crippen molar-refractivity contribution in [3.63, 3.8) is 0 Å². The quantitative estimate of drug-likeness (QED) is 0.117. The number of amides is 1. The lowest BCUT2D eigenvalue weighted by Crippen LogP contribution is -2.18. The van der Waals surface area contributed by atoms with Gasteiger partial charge in [0.05, 0.1) is 17.7 Å². The van der Waals surface area contributed by atoms with Crippen molar-refractivity contribution >= 4 is 34.3 Å². The standard InChI is InChI=1S/C39H45FN2O3/c1-7-16-28(5)25-34(44)26-33(43)23-24-42-37(27(3)4)36(39(45)41-32-19-14-11-15-20-32)35(30-17-12-9-10-13-18-30)38(42)29(6)21-22-31(40)8-2/h8-15,17,19-22,27H,5-7,16,18,23-26H2,1-4H3,(H,41,45)/b22-21-,31-8+. The van der Waals surface area contributed by atoms with Gasteiger partial charge in [-0.3, -0.25) is 14.4 Å². The third-order valence-electron chi connectivity index (χ3n) is 7.51. The van der Waals surface area contributed by atoms with Gasteiger partial charge in [0, 0.05) is 36.3 Å². The summed E-state index contributed by atoms with van der Waals surface area (Å²) in [6, 6.07) is 9.24. The van der Waals surface area contributed by atoms with Gasteiger partial charge in [-0.05, 0) is 55.0 Å². The molecule has 3 rings (SSSR count). The zero-order chi connectivity index (χ0) is 32.9. The van der Waals surface area contributed by atoms with Crippen LogP contribution >= 0.6 is 0 Å². The first-order chi connectivity index (χ1) is 21.6. The molecule has 2 aromatic rings. The molecule has 0 bridgehead atoms. The fourth-order valence-electron chi connectivity index (χ4n) is 5.51. The molecule has 45 heavy (non-hydrogen) atoms. The number of ketones is 2. The van der Waals surface area contributed by atoms with Crippen molar-refractivity contribution in [3.05, 3.63) is 126 Å². The third-order valence-corrected chi connectivity index (χ3v) is 7.51.